The molecule has 0 radical (unpaired) electrons. The highest BCUT2D eigenvalue weighted by Gasteiger charge is 2.63. The molecule has 0 aromatic heterocycles. The first-order chi connectivity index (χ1) is 8.28. The topological polar surface area (TPSA) is 38.8 Å². The van der Waals surface area contributed by atoms with Gasteiger partial charge in [0.25, 0.3) is 0 Å². The number of epoxide rings is 1. The molecular weight excluding hydrogens is 216 g/mol. The third-order valence-electron chi connectivity index (χ3n) is 3.73. The maximum absolute atomic E-state index is 11.7. The fraction of sp³-hybridized carbons (Fsp3) is 0.500. The fourth-order valence-electron chi connectivity index (χ4n) is 2.90. The molecule has 1 aromatic carbocycles. The second-order valence-electron chi connectivity index (χ2n) is 4.80. The first-order valence-corrected chi connectivity index (χ1v) is 6.06. The predicted octanol–water partition coefficient (Wildman–Crippen LogP) is 2.18. The van der Waals surface area contributed by atoms with Gasteiger partial charge in [-0.2, -0.15) is 0 Å². The summed E-state index contributed by atoms with van der Waals surface area (Å²) in [6.07, 6.45) is 2.34. The number of hydrogen-bond acceptors (Lipinski definition) is 3. The Bertz CT molecular complexity index is 455. The third-order valence-corrected chi connectivity index (χ3v) is 3.73. The lowest BCUT2D eigenvalue weighted by Crippen LogP contribution is -2.25. The van der Waals surface area contributed by atoms with Crippen LogP contribution in [0.15, 0.2) is 24.3 Å². The van der Waals surface area contributed by atoms with Crippen molar-refractivity contribution in [3.8, 4) is 0 Å². The quantitative estimate of drug-likeness (QED) is 0.750. The molecule has 2 atom stereocenters. The molecule has 3 rings (SSSR count). The number of fused-ring (bicyclic) bond motifs is 1. The zero-order valence-corrected chi connectivity index (χ0v) is 9.94. The largest absolute Gasteiger partial charge is 0.380 e. The van der Waals surface area contributed by atoms with Gasteiger partial charge in [0.15, 0.2) is 11.9 Å². The lowest BCUT2D eigenvalue weighted by atomic mass is 9.81. The van der Waals surface area contributed by atoms with Crippen molar-refractivity contribution in [3.05, 3.63) is 35.4 Å². The monoisotopic (exact) mass is 232 g/mol. The molecule has 1 saturated carbocycles. The first kappa shape index (κ1) is 10.9. The summed E-state index contributed by atoms with van der Waals surface area (Å²) in [5.74, 6) is 0.253. The van der Waals surface area contributed by atoms with Crippen LogP contribution in [0, 0.1) is 0 Å². The van der Waals surface area contributed by atoms with Gasteiger partial charge in [-0.25, -0.2) is 0 Å². The minimum Gasteiger partial charge on any atom is -0.380 e. The highest BCUT2D eigenvalue weighted by molar-refractivity contribution is 5.88. The summed E-state index contributed by atoms with van der Waals surface area (Å²) in [5.41, 5.74) is 1.94. The van der Waals surface area contributed by atoms with Gasteiger partial charge in [-0.15, -0.1) is 0 Å². The van der Waals surface area contributed by atoms with Crippen LogP contribution in [-0.4, -0.2) is 19.0 Å². The van der Waals surface area contributed by atoms with E-state index in [1.165, 1.54) is 0 Å². The van der Waals surface area contributed by atoms with Crippen LogP contribution in [0.3, 0.4) is 0 Å². The molecule has 0 spiro atoms. The molecule has 3 heteroatoms. The van der Waals surface area contributed by atoms with Gasteiger partial charge < -0.3 is 9.47 Å². The summed E-state index contributed by atoms with van der Waals surface area (Å²) in [4.78, 5) is 11.7. The predicted molar refractivity (Wildman–Crippen MR) is 62.6 cm³/mol. The maximum atomic E-state index is 11.7. The molecule has 90 valence electrons. The van der Waals surface area contributed by atoms with E-state index in [1.807, 2.05) is 18.2 Å². The van der Waals surface area contributed by atoms with Crippen LogP contribution in [0.5, 0.6) is 0 Å². The standard InChI is InChI=1S/C14H16O3/c1-16-9-10-5-2-3-6-11(10)14-8-4-7-12(15)13(14)17-14/h2-3,5-6,13H,4,7-9H2,1H3/t13-,14-/m1/s1. The van der Waals surface area contributed by atoms with E-state index < -0.39 is 0 Å². The van der Waals surface area contributed by atoms with E-state index in [9.17, 15) is 4.79 Å². The number of benzene rings is 1. The van der Waals surface area contributed by atoms with Crippen molar-refractivity contribution in [1.29, 1.82) is 0 Å². The van der Waals surface area contributed by atoms with Gasteiger partial charge in [0.05, 0.1) is 6.61 Å². The molecule has 17 heavy (non-hydrogen) atoms. The van der Waals surface area contributed by atoms with Crippen LogP contribution in [0.2, 0.25) is 0 Å². The zero-order valence-electron chi connectivity index (χ0n) is 9.94. The summed E-state index contributed by atoms with van der Waals surface area (Å²) >= 11 is 0. The van der Waals surface area contributed by atoms with Crippen LogP contribution in [0.1, 0.15) is 30.4 Å². The number of methoxy groups -OCH3 is 1. The number of Topliss-reactive ketones (excluding diaryl/α,β-unsaturated/α-hetero) is 1. The minimum absolute atomic E-state index is 0.200. The molecule has 0 N–H and O–H groups in total. The van der Waals surface area contributed by atoms with Crippen LogP contribution >= 0.6 is 0 Å². The van der Waals surface area contributed by atoms with Gasteiger partial charge in [-0.05, 0) is 24.0 Å². The van der Waals surface area contributed by atoms with Crippen LogP contribution in [-0.2, 0) is 26.5 Å². The van der Waals surface area contributed by atoms with E-state index in [0.29, 0.717) is 13.0 Å². The Labute approximate surface area is 101 Å². The Balaban J connectivity index is 1.97. The van der Waals surface area contributed by atoms with E-state index in [4.69, 9.17) is 9.47 Å². The van der Waals surface area contributed by atoms with E-state index >= 15 is 0 Å². The second kappa shape index (κ2) is 3.93. The highest BCUT2D eigenvalue weighted by atomic mass is 16.6. The molecule has 1 aliphatic heterocycles. The molecule has 1 aromatic rings. The number of carbonyl (C=O) groups excluding carboxylic acids is 1. The summed E-state index contributed by atoms with van der Waals surface area (Å²) in [5, 5.41) is 0. The third kappa shape index (κ3) is 1.61. The van der Waals surface area contributed by atoms with E-state index in [1.54, 1.807) is 7.11 Å². The van der Waals surface area contributed by atoms with Crippen LogP contribution < -0.4 is 0 Å². The molecular formula is C14H16O3. The van der Waals surface area contributed by atoms with Crippen molar-refractivity contribution in [3.63, 3.8) is 0 Å². The van der Waals surface area contributed by atoms with Gasteiger partial charge in [0, 0.05) is 13.5 Å². The number of hydrogen-bond donors (Lipinski definition) is 0. The molecule has 1 heterocycles. The van der Waals surface area contributed by atoms with Gasteiger partial charge in [-0.3, -0.25) is 4.79 Å². The Morgan fingerprint density at radius 3 is 3.12 bits per heavy atom. The van der Waals surface area contributed by atoms with E-state index in [2.05, 4.69) is 6.07 Å². The van der Waals surface area contributed by atoms with E-state index in [0.717, 1.165) is 24.0 Å². The van der Waals surface area contributed by atoms with Crippen molar-refractivity contribution in [2.75, 3.05) is 7.11 Å². The number of carbonyl (C=O) groups is 1. The number of ether oxygens (including phenoxy) is 2. The van der Waals surface area contributed by atoms with Gasteiger partial charge >= 0.3 is 0 Å². The molecule has 0 bridgehead atoms. The summed E-state index contributed by atoms with van der Waals surface area (Å²) in [6.45, 7) is 0.572. The Hall–Kier alpha value is -1.19. The summed E-state index contributed by atoms with van der Waals surface area (Å²) < 4.78 is 11.0. The second-order valence-corrected chi connectivity index (χ2v) is 4.80. The number of ketones is 1. The normalized spacial score (nSPS) is 31.1. The number of rotatable bonds is 3. The Kier molecular flexibility index (Phi) is 2.53. The fourth-order valence-corrected chi connectivity index (χ4v) is 2.90. The highest BCUT2D eigenvalue weighted by Crippen LogP contribution is 2.54. The van der Waals surface area contributed by atoms with Crippen molar-refractivity contribution in [1.82, 2.24) is 0 Å². The van der Waals surface area contributed by atoms with Crippen molar-refractivity contribution in [2.45, 2.75) is 37.6 Å². The van der Waals surface area contributed by atoms with Gasteiger partial charge in [-0.1, -0.05) is 24.3 Å². The average molecular weight is 232 g/mol. The lowest BCUT2D eigenvalue weighted by Gasteiger charge is -2.19. The molecule has 0 amide bonds. The smallest absolute Gasteiger partial charge is 0.164 e. The van der Waals surface area contributed by atoms with Crippen molar-refractivity contribution in [2.24, 2.45) is 0 Å². The van der Waals surface area contributed by atoms with Gasteiger partial charge in [0.2, 0.25) is 0 Å². The molecule has 1 saturated heterocycles. The maximum Gasteiger partial charge on any atom is 0.164 e. The summed E-state index contributed by atoms with van der Waals surface area (Å²) in [6, 6.07) is 8.11. The van der Waals surface area contributed by atoms with E-state index in [-0.39, 0.29) is 17.5 Å². The molecule has 1 aliphatic carbocycles. The Morgan fingerprint density at radius 2 is 2.29 bits per heavy atom. The summed E-state index contributed by atoms with van der Waals surface area (Å²) in [7, 11) is 1.69. The molecule has 3 nitrogen and oxygen atoms in total. The van der Waals surface area contributed by atoms with Crippen molar-refractivity contribution < 1.29 is 14.3 Å². The molecule has 2 aliphatic rings. The average Bonchev–Trinajstić information content (AvgIpc) is 3.08. The van der Waals surface area contributed by atoms with Crippen molar-refractivity contribution >= 4 is 5.78 Å². The lowest BCUT2D eigenvalue weighted by molar-refractivity contribution is -0.120. The van der Waals surface area contributed by atoms with Crippen LogP contribution in [0.4, 0.5) is 0 Å². The molecule has 2 fully saturated rings. The van der Waals surface area contributed by atoms with Gasteiger partial charge in [0.1, 0.15) is 5.60 Å². The first-order valence-electron chi connectivity index (χ1n) is 6.06. The Morgan fingerprint density at radius 1 is 1.47 bits per heavy atom. The van der Waals surface area contributed by atoms with Crippen LogP contribution in [0.25, 0.3) is 0 Å². The zero-order chi connectivity index (χ0) is 11.9. The minimum atomic E-state index is -0.329. The SMILES string of the molecule is COCc1ccccc1[C@]12CCCC(=O)[C@H]1O2. The molecule has 0 unspecified atom stereocenters.